The van der Waals surface area contributed by atoms with Gasteiger partial charge in [-0.3, -0.25) is 10.1 Å². The number of sulfonamides is 1. The molecule has 0 radical (unpaired) electrons. The Morgan fingerprint density at radius 3 is 2.37 bits per heavy atom. The fourth-order valence-electron chi connectivity index (χ4n) is 1.78. The predicted molar refractivity (Wildman–Crippen MR) is 112 cm³/mol. The SMILES string of the molecule is C/C=C/CS/C(=N\S(=O)(=O)c1ccc([N+](=O)[O-])cc1)Sc1ccc(Cl)cc1. The Bertz CT molecular complexity index is 957. The Kier molecular flexibility index (Phi) is 7.91. The van der Waals surface area contributed by atoms with Gasteiger partial charge in [0.25, 0.3) is 15.7 Å². The highest BCUT2D eigenvalue weighted by atomic mass is 35.5. The van der Waals surface area contributed by atoms with Gasteiger partial charge in [-0.05, 0) is 43.3 Å². The van der Waals surface area contributed by atoms with Crippen molar-refractivity contribution >= 4 is 55.2 Å². The van der Waals surface area contributed by atoms with Gasteiger partial charge in [-0.1, -0.05) is 47.3 Å². The van der Waals surface area contributed by atoms with Crippen molar-refractivity contribution in [2.45, 2.75) is 16.7 Å². The second kappa shape index (κ2) is 9.93. The van der Waals surface area contributed by atoms with Crippen LogP contribution in [-0.4, -0.2) is 23.5 Å². The van der Waals surface area contributed by atoms with Gasteiger partial charge >= 0.3 is 0 Å². The fraction of sp³-hybridized carbons (Fsp3) is 0.118. The van der Waals surface area contributed by atoms with E-state index in [-0.39, 0.29) is 10.6 Å². The van der Waals surface area contributed by atoms with Crippen LogP contribution in [0, 0.1) is 10.1 Å². The molecule has 0 amide bonds. The van der Waals surface area contributed by atoms with Crippen molar-refractivity contribution in [1.82, 2.24) is 0 Å². The largest absolute Gasteiger partial charge is 0.283 e. The molecular weight excluding hydrogens is 428 g/mol. The van der Waals surface area contributed by atoms with Gasteiger partial charge in [0.2, 0.25) is 0 Å². The summed E-state index contributed by atoms with van der Waals surface area (Å²) in [6.07, 6.45) is 3.75. The number of nitrogens with zero attached hydrogens (tertiary/aromatic N) is 2. The summed E-state index contributed by atoms with van der Waals surface area (Å²) >= 11 is 8.37. The van der Waals surface area contributed by atoms with E-state index in [9.17, 15) is 18.5 Å². The quantitative estimate of drug-likeness (QED) is 0.149. The van der Waals surface area contributed by atoms with E-state index >= 15 is 0 Å². The minimum Gasteiger partial charge on any atom is -0.258 e. The summed E-state index contributed by atoms with van der Waals surface area (Å²) in [5.41, 5.74) is -0.184. The number of hydrogen-bond donors (Lipinski definition) is 0. The number of nitro groups is 1. The monoisotopic (exact) mass is 442 g/mol. The topological polar surface area (TPSA) is 89.6 Å². The first-order valence-electron chi connectivity index (χ1n) is 7.58. The Hall–Kier alpha value is -1.81. The third-order valence-electron chi connectivity index (χ3n) is 3.10. The maximum atomic E-state index is 12.6. The molecule has 0 aliphatic carbocycles. The molecule has 0 N–H and O–H groups in total. The first-order valence-corrected chi connectivity index (χ1v) is 11.2. The highest BCUT2D eigenvalue weighted by Crippen LogP contribution is 2.29. The molecule has 0 aliphatic heterocycles. The zero-order valence-corrected chi connectivity index (χ0v) is 17.3. The second-order valence-electron chi connectivity index (χ2n) is 5.02. The number of halogens is 1. The van der Waals surface area contributed by atoms with Crippen LogP contribution >= 0.6 is 35.1 Å². The van der Waals surface area contributed by atoms with Gasteiger partial charge in [0.15, 0.2) is 0 Å². The Morgan fingerprint density at radius 1 is 1.19 bits per heavy atom. The summed E-state index contributed by atoms with van der Waals surface area (Å²) in [6, 6.07) is 11.6. The molecule has 2 rings (SSSR count). The molecule has 10 heteroatoms. The second-order valence-corrected chi connectivity index (χ2v) is 9.39. The molecule has 0 spiro atoms. The van der Waals surface area contributed by atoms with Gasteiger partial charge in [0, 0.05) is 27.8 Å². The van der Waals surface area contributed by atoms with Gasteiger partial charge in [0.1, 0.15) is 4.38 Å². The van der Waals surface area contributed by atoms with Crippen LogP contribution in [0.4, 0.5) is 5.69 Å². The van der Waals surface area contributed by atoms with Gasteiger partial charge in [0.05, 0.1) is 9.82 Å². The van der Waals surface area contributed by atoms with E-state index in [1.807, 2.05) is 19.1 Å². The van der Waals surface area contributed by atoms with Crippen molar-refractivity contribution in [2.24, 2.45) is 4.40 Å². The van der Waals surface area contributed by atoms with Gasteiger partial charge in [-0.2, -0.15) is 8.42 Å². The van der Waals surface area contributed by atoms with E-state index < -0.39 is 14.9 Å². The predicted octanol–water partition coefficient (Wildman–Crippen LogP) is 5.39. The average molecular weight is 443 g/mol. The van der Waals surface area contributed by atoms with Crippen LogP contribution in [0.2, 0.25) is 5.02 Å². The van der Waals surface area contributed by atoms with Crippen LogP contribution in [0.5, 0.6) is 0 Å². The van der Waals surface area contributed by atoms with Crippen LogP contribution in [0.25, 0.3) is 0 Å². The molecule has 0 aromatic heterocycles. The zero-order chi connectivity index (χ0) is 19.9. The maximum Gasteiger partial charge on any atom is 0.283 e. The molecule has 0 unspecified atom stereocenters. The summed E-state index contributed by atoms with van der Waals surface area (Å²) in [4.78, 5) is 10.8. The summed E-state index contributed by atoms with van der Waals surface area (Å²) in [5.74, 6) is 0.561. The van der Waals surface area contributed by atoms with Crippen molar-refractivity contribution in [2.75, 3.05) is 5.75 Å². The van der Waals surface area contributed by atoms with E-state index in [1.54, 1.807) is 24.3 Å². The highest BCUT2D eigenvalue weighted by Gasteiger charge is 2.17. The molecule has 0 heterocycles. The molecule has 0 saturated carbocycles. The average Bonchev–Trinajstić information content (AvgIpc) is 2.63. The van der Waals surface area contributed by atoms with E-state index in [1.165, 1.54) is 35.7 Å². The van der Waals surface area contributed by atoms with E-state index in [4.69, 9.17) is 11.6 Å². The van der Waals surface area contributed by atoms with Crippen LogP contribution in [0.3, 0.4) is 0 Å². The van der Waals surface area contributed by atoms with Crippen molar-refractivity contribution in [3.63, 3.8) is 0 Å². The molecule has 142 valence electrons. The number of rotatable bonds is 6. The normalized spacial score (nSPS) is 12.4. The molecule has 6 nitrogen and oxygen atoms in total. The molecule has 0 fully saturated rings. The number of hydrogen-bond acceptors (Lipinski definition) is 6. The number of benzene rings is 2. The van der Waals surface area contributed by atoms with Gasteiger partial charge < -0.3 is 0 Å². The molecule has 0 aliphatic rings. The molecule has 0 saturated heterocycles. The van der Waals surface area contributed by atoms with Crippen molar-refractivity contribution < 1.29 is 13.3 Å². The molecule has 0 bridgehead atoms. The van der Waals surface area contributed by atoms with Gasteiger partial charge in [-0.25, -0.2) is 0 Å². The molecule has 2 aromatic carbocycles. The van der Waals surface area contributed by atoms with Crippen molar-refractivity contribution in [3.05, 3.63) is 75.8 Å². The lowest BCUT2D eigenvalue weighted by Crippen LogP contribution is -2.01. The Balaban J connectivity index is 2.31. The molecule has 2 aromatic rings. The third-order valence-corrected chi connectivity index (χ3v) is 6.95. The number of thioether (sulfide) groups is 2. The van der Waals surface area contributed by atoms with E-state index in [0.29, 0.717) is 15.2 Å². The van der Waals surface area contributed by atoms with Crippen molar-refractivity contribution in [1.29, 1.82) is 0 Å². The maximum absolute atomic E-state index is 12.6. The summed E-state index contributed by atoms with van der Waals surface area (Å²) in [6.45, 7) is 1.87. The standard InChI is InChI=1S/C17H15ClN2O4S3/c1-2-3-12-25-17(26-15-8-4-13(18)5-9-15)19-27(23,24)16-10-6-14(7-11-16)20(21)22/h2-11H,12H2,1H3/b3-2+,19-17+. The summed E-state index contributed by atoms with van der Waals surface area (Å²) in [5, 5.41) is 11.3. The fourth-order valence-corrected chi connectivity index (χ4v) is 5.27. The molecule has 0 atom stereocenters. The smallest absolute Gasteiger partial charge is 0.258 e. The van der Waals surface area contributed by atoms with Crippen molar-refractivity contribution in [3.8, 4) is 0 Å². The third kappa shape index (κ3) is 6.69. The van der Waals surface area contributed by atoms with Crippen LogP contribution < -0.4 is 0 Å². The molecule has 27 heavy (non-hydrogen) atoms. The van der Waals surface area contributed by atoms with Gasteiger partial charge in [-0.15, -0.1) is 4.40 Å². The van der Waals surface area contributed by atoms with Crippen LogP contribution in [-0.2, 0) is 10.0 Å². The van der Waals surface area contributed by atoms with E-state index in [2.05, 4.69) is 4.40 Å². The lowest BCUT2D eigenvalue weighted by atomic mass is 10.3. The molecular formula is C17H15ClN2O4S3. The summed E-state index contributed by atoms with van der Waals surface area (Å²) in [7, 11) is -3.99. The minimum atomic E-state index is -3.99. The first-order chi connectivity index (χ1) is 12.8. The summed E-state index contributed by atoms with van der Waals surface area (Å²) < 4.78 is 29.4. The number of nitro benzene ring substituents is 1. The van der Waals surface area contributed by atoms with E-state index in [0.717, 1.165) is 17.0 Å². The zero-order valence-electron chi connectivity index (χ0n) is 14.1. The van der Waals surface area contributed by atoms with Crippen LogP contribution in [0.15, 0.2) is 74.9 Å². The van der Waals surface area contributed by atoms with Crippen LogP contribution in [0.1, 0.15) is 6.92 Å². The highest BCUT2D eigenvalue weighted by molar-refractivity contribution is 8.39. The lowest BCUT2D eigenvalue weighted by molar-refractivity contribution is -0.384. The Morgan fingerprint density at radius 2 is 1.81 bits per heavy atom. The Labute approximate surface area is 170 Å². The number of non-ortho nitro benzene ring substituents is 1. The minimum absolute atomic E-state index is 0.103. The number of allylic oxidation sites excluding steroid dienone is 1. The first kappa shape index (κ1) is 21.5. The lowest BCUT2D eigenvalue weighted by Gasteiger charge is -2.06.